The molecule has 29 heavy (non-hydrogen) atoms. The lowest BCUT2D eigenvalue weighted by atomic mass is 10.3. The highest BCUT2D eigenvalue weighted by atomic mass is 127. The minimum atomic E-state index is 0. The Morgan fingerprint density at radius 1 is 0.793 bits per heavy atom. The molecule has 4 nitrogen and oxygen atoms in total. The Kier molecular flexibility index (Phi) is 5.46. The highest BCUT2D eigenvalue weighted by molar-refractivity contribution is 6.42. The summed E-state index contributed by atoms with van der Waals surface area (Å²) in [7, 11) is 0. The summed E-state index contributed by atoms with van der Waals surface area (Å²) in [6.07, 6.45) is 0. The van der Waals surface area contributed by atoms with Crippen LogP contribution in [0.15, 0.2) is 72.8 Å². The number of benzene rings is 3. The molecule has 2 aromatic heterocycles. The van der Waals surface area contributed by atoms with Gasteiger partial charge in [-0.25, -0.2) is 9.55 Å². The van der Waals surface area contributed by atoms with Crippen LogP contribution < -0.4 is 28.5 Å². The quantitative estimate of drug-likeness (QED) is 0.258. The third kappa shape index (κ3) is 3.37. The highest BCUT2D eigenvalue weighted by Crippen LogP contribution is 2.28. The molecule has 0 saturated heterocycles. The standard InChI is InChI=1S/C22H15Cl2N4.HI/c1-14-27(15-8-4-2-5-9-15)21-22(28(14)16-10-6-3-7-11-16)26-20-13-18(24)17(23)12-19(20)25-21;/h2-13H,1H3;1H/q+1;/p-1. The van der Waals surface area contributed by atoms with Gasteiger partial charge >= 0.3 is 5.65 Å². The van der Waals surface area contributed by atoms with Gasteiger partial charge in [-0.1, -0.05) is 64.6 Å². The smallest absolute Gasteiger partial charge is 0.328 e. The fourth-order valence-corrected chi connectivity index (χ4v) is 3.83. The summed E-state index contributed by atoms with van der Waals surface area (Å²) in [5.74, 6) is 1.000. The number of imidazole rings is 1. The first-order chi connectivity index (χ1) is 13.6. The molecule has 0 N–H and O–H groups in total. The van der Waals surface area contributed by atoms with Gasteiger partial charge in [-0.3, -0.25) is 0 Å². The van der Waals surface area contributed by atoms with Crippen LogP contribution in [-0.2, 0) is 0 Å². The molecular weight excluding hydrogens is 518 g/mol. The van der Waals surface area contributed by atoms with E-state index < -0.39 is 0 Å². The number of aromatic nitrogens is 4. The van der Waals surface area contributed by atoms with Crippen molar-refractivity contribution in [3.8, 4) is 11.4 Å². The van der Waals surface area contributed by atoms with Gasteiger partial charge in [-0.05, 0) is 30.3 Å². The van der Waals surface area contributed by atoms with Crippen molar-refractivity contribution in [3.63, 3.8) is 0 Å². The van der Waals surface area contributed by atoms with Gasteiger partial charge in [-0.2, -0.15) is 4.57 Å². The third-order valence-corrected chi connectivity index (χ3v) is 5.49. The zero-order valence-electron chi connectivity index (χ0n) is 15.4. The van der Waals surface area contributed by atoms with Gasteiger partial charge in [0.2, 0.25) is 5.82 Å². The van der Waals surface area contributed by atoms with Crippen molar-refractivity contribution < 1.29 is 28.5 Å². The summed E-state index contributed by atoms with van der Waals surface area (Å²) in [5, 5.41) is 0.932. The number of hydrogen-bond donors (Lipinski definition) is 0. The minimum Gasteiger partial charge on any atom is -1.00 e. The van der Waals surface area contributed by atoms with Gasteiger partial charge in [0.15, 0.2) is 5.52 Å². The zero-order chi connectivity index (χ0) is 19.3. The third-order valence-electron chi connectivity index (χ3n) is 4.77. The van der Waals surface area contributed by atoms with Gasteiger partial charge in [-0.15, -0.1) is 0 Å². The second kappa shape index (κ2) is 7.89. The van der Waals surface area contributed by atoms with E-state index in [9.17, 15) is 0 Å². The van der Waals surface area contributed by atoms with E-state index in [0.717, 1.165) is 28.5 Å². The Morgan fingerprint density at radius 3 is 1.97 bits per heavy atom. The van der Waals surface area contributed by atoms with E-state index in [0.29, 0.717) is 21.1 Å². The number of fused-ring (bicyclic) bond motifs is 2. The summed E-state index contributed by atoms with van der Waals surface area (Å²) in [4.78, 5) is 9.80. The van der Waals surface area contributed by atoms with Crippen LogP contribution in [0.3, 0.4) is 0 Å². The second-order valence-electron chi connectivity index (χ2n) is 6.51. The lowest BCUT2D eigenvalue weighted by molar-refractivity contribution is -0.577. The Balaban J connectivity index is 0.00000205. The fraction of sp³-hybridized carbons (Fsp3) is 0.0455. The molecule has 5 aromatic rings. The average Bonchev–Trinajstić information content (AvgIpc) is 2.99. The van der Waals surface area contributed by atoms with Crippen LogP contribution in [0.25, 0.3) is 33.7 Å². The van der Waals surface area contributed by atoms with Crippen LogP contribution in [0, 0.1) is 6.92 Å². The van der Waals surface area contributed by atoms with Crippen LogP contribution in [0.2, 0.25) is 10.0 Å². The van der Waals surface area contributed by atoms with Crippen molar-refractivity contribution in [2.24, 2.45) is 0 Å². The second-order valence-corrected chi connectivity index (χ2v) is 7.33. The monoisotopic (exact) mass is 532 g/mol. The van der Waals surface area contributed by atoms with Crippen molar-refractivity contribution in [1.82, 2.24) is 14.5 Å². The molecule has 0 aliphatic heterocycles. The Bertz CT molecular complexity index is 1230. The van der Waals surface area contributed by atoms with Gasteiger partial charge < -0.3 is 24.0 Å². The molecule has 0 atom stereocenters. The van der Waals surface area contributed by atoms with Crippen molar-refractivity contribution >= 4 is 45.5 Å². The zero-order valence-corrected chi connectivity index (χ0v) is 19.0. The largest absolute Gasteiger partial charge is 1.00 e. The van der Waals surface area contributed by atoms with Gasteiger partial charge in [0.1, 0.15) is 16.9 Å². The predicted octanol–water partition coefficient (Wildman–Crippen LogP) is 2.47. The van der Waals surface area contributed by atoms with E-state index in [1.165, 1.54) is 0 Å². The Hall–Kier alpha value is -2.22. The van der Waals surface area contributed by atoms with Gasteiger partial charge in [0, 0.05) is 13.0 Å². The minimum absolute atomic E-state index is 0. The molecule has 2 heterocycles. The molecule has 0 amide bonds. The molecule has 144 valence electrons. The molecule has 0 unspecified atom stereocenters. The van der Waals surface area contributed by atoms with Crippen LogP contribution in [0.4, 0.5) is 0 Å². The molecule has 5 rings (SSSR count). The molecule has 0 fully saturated rings. The van der Waals surface area contributed by atoms with Crippen molar-refractivity contribution in [2.45, 2.75) is 6.92 Å². The maximum Gasteiger partial charge on any atom is 0.328 e. The fourth-order valence-electron chi connectivity index (χ4n) is 3.51. The summed E-state index contributed by atoms with van der Waals surface area (Å²) in [5.41, 5.74) is 4.98. The number of hydrogen-bond acceptors (Lipinski definition) is 2. The van der Waals surface area contributed by atoms with Crippen LogP contribution in [0.5, 0.6) is 0 Å². The van der Waals surface area contributed by atoms with Crippen molar-refractivity contribution in [1.29, 1.82) is 0 Å². The maximum absolute atomic E-state index is 6.22. The van der Waals surface area contributed by atoms with E-state index in [-0.39, 0.29) is 24.0 Å². The number of halogens is 3. The summed E-state index contributed by atoms with van der Waals surface area (Å²) >= 11 is 12.4. The van der Waals surface area contributed by atoms with E-state index in [1.807, 2.05) is 36.4 Å². The lowest BCUT2D eigenvalue weighted by Crippen LogP contribution is -3.00. The van der Waals surface area contributed by atoms with Crippen LogP contribution in [-0.4, -0.2) is 14.5 Å². The predicted molar refractivity (Wildman–Crippen MR) is 113 cm³/mol. The van der Waals surface area contributed by atoms with Crippen LogP contribution >= 0.6 is 23.2 Å². The SMILES string of the molecule is Cc1n(-c2ccccc2)c2nc3cc(Cl)c(Cl)cc3nc2[n+]1-c1ccccc1.[I-]. The van der Waals surface area contributed by atoms with Gasteiger partial charge in [0.05, 0.1) is 10.0 Å². The van der Waals surface area contributed by atoms with E-state index >= 15 is 0 Å². The van der Waals surface area contributed by atoms with Gasteiger partial charge in [0.25, 0.3) is 5.65 Å². The molecule has 0 saturated carbocycles. The van der Waals surface area contributed by atoms with E-state index in [1.54, 1.807) is 12.1 Å². The van der Waals surface area contributed by atoms with E-state index in [2.05, 4.69) is 40.3 Å². The topological polar surface area (TPSA) is 34.6 Å². The Labute approximate surface area is 194 Å². The summed E-state index contributed by atoms with van der Waals surface area (Å²) in [6.45, 7) is 2.06. The Morgan fingerprint density at radius 2 is 1.34 bits per heavy atom. The lowest BCUT2D eigenvalue weighted by Gasteiger charge is -2.02. The van der Waals surface area contributed by atoms with Crippen molar-refractivity contribution in [2.75, 3.05) is 0 Å². The molecule has 7 heteroatoms. The first kappa shape index (κ1) is 20.1. The van der Waals surface area contributed by atoms with E-state index in [4.69, 9.17) is 33.2 Å². The summed E-state index contributed by atoms with van der Waals surface area (Å²) in [6, 6.07) is 23.8. The molecule has 0 spiro atoms. The number of nitrogens with zero attached hydrogens (tertiary/aromatic N) is 4. The molecule has 0 radical (unpaired) electrons. The number of para-hydroxylation sites is 2. The molecule has 0 aliphatic rings. The average molecular weight is 533 g/mol. The normalized spacial score (nSPS) is 11.0. The van der Waals surface area contributed by atoms with Crippen molar-refractivity contribution in [3.05, 3.63) is 88.7 Å². The molecule has 0 aliphatic carbocycles. The maximum atomic E-state index is 6.22. The molecular formula is C22H15Cl2IN4. The molecule has 3 aromatic carbocycles. The first-order valence-corrected chi connectivity index (χ1v) is 9.60. The number of rotatable bonds is 2. The highest BCUT2D eigenvalue weighted by Gasteiger charge is 2.27. The van der Waals surface area contributed by atoms with Crippen LogP contribution in [0.1, 0.15) is 5.82 Å². The summed E-state index contributed by atoms with van der Waals surface area (Å²) < 4.78 is 4.22. The first-order valence-electron chi connectivity index (χ1n) is 8.84. The molecule has 0 bridgehead atoms.